The fourth-order valence-corrected chi connectivity index (χ4v) is 7.68. The maximum absolute atomic E-state index is 6.23. The Hall–Kier alpha value is -2.97. The predicted molar refractivity (Wildman–Crippen MR) is 140 cm³/mol. The second-order valence-corrected chi connectivity index (χ2v) is 11.0. The lowest BCUT2D eigenvalue weighted by Gasteiger charge is -2.41. The minimum Gasteiger partial charge on any atom is -0.321 e. The number of aryl methyl sites for hydroxylation is 1. The third-order valence-corrected chi connectivity index (χ3v) is 9.48. The standard InChI is InChI=1S/C27H29N7S/c28-35-24-19-6-2-1-5-18(19)15-27(24)11-9-17(10-12-27)21-16-30-23-25(31-21)32-33-26(23)34-14-4-7-20-22(34)8-3-13-29-20/h1-3,5-6,8,13,16-17,24H,4,7,9-12,14-15,28H2,(H,31,32,33). The summed E-state index contributed by atoms with van der Waals surface area (Å²) in [6.07, 6.45) is 11.6. The molecule has 3 N–H and O–H groups in total. The number of hydrogen-bond acceptors (Lipinski definition) is 7. The Morgan fingerprint density at radius 3 is 2.86 bits per heavy atom. The van der Waals surface area contributed by atoms with Crippen LogP contribution in [0.15, 0.2) is 48.8 Å². The van der Waals surface area contributed by atoms with E-state index in [1.54, 1.807) is 11.9 Å². The van der Waals surface area contributed by atoms with Crippen LogP contribution in [0.3, 0.4) is 0 Å². The van der Waals surface area contributed by atoms with E-state index >= 15 is 0 Å². The Morgan fingerprint density at radius 2 is 1.97 bits per heavy atom. The number of anilines is 2. The second-order valence-electron chi connectivity index (χ2n) is 10.3. The fraction of sp³-hybridized carbons (Fsp3) is 0.407. The number of benzene rings is 1. The average molecular weight is 484 g/mol. The van der Waals surface area contributed by atoms with Gasteiger partial charge in [0.2, 0.25) is 0 Å². The molecule has 3 aliphatic rings. The molecule has 178 valence electrons. The summed E-state index contributed by atoms with van der Waals surface area (Å²) < 4.78 is 0. The van der Waals surface area contributed by atoms with E-state index in [1.807, 2.05) is 18.5 Å². The van der Waals surface area contributed by atoms with Gasteiger partial charge in [-0.15, -0.1) is 0 Å². The molecular formula is C27H29N7S. The van der Waals surface area contributed by atoms with Crippen molar-refractivity contribution in [2.24, 2.45) is 10.6 Å². The molecule has 35 heavy (non-hydrogen) atoms. The van der Waals surface area contributed by atoms with E-state index in [1.165, 1.54) is 24.0 Å². The number of H-pyrrole nitrogens is 1. The van der Waals surface area contributed by atoms with E-state index in [-0.39, 0.29) is 5.41 Å². The van der Waals surface area contributed by atoms with Gasteiger partial charge in [-0.3, -0.25) is 15.2 Å². The molecule has 1 atom stereocenters. The molecule has 1 fully saturated rings. The van der Waals surface area contributed by atoms with Crippen LogP contribution in [0.1, 0.15) is 65.8 Å². The van der Waals surface area contributed by atoms with Gasteiger partial charge in [-0.25, -0.2) is 9.97 Å². The normalized spacial score (nSPS) is 25.7. The van der Waals surface area contributed by atoms with Crippen molar-refractivity contribution < 1.29 is 0 Å². The highest BCUT2D eigenvalue weighted by atomic mass is 32.2. The lowest BCUT2D eigenvalue weighted by Crippen LogP contribution is -2.30. The summed E-state index contributed by atoms with van der Waals surface area (Å²) in [5, 5.41) is 14.4. The first-order chi connectivity index (χ1) is 17.3. The number of fused-ring (bicyclic) bond motifs is 3. The van der Waals surface area contributed by atoms with Crippen LogP contribution in [-0.2, 0) is 12.8 Å². The zero-order valence-electron chi connectivity index (χ0n) is 19.7. The first kappa shape index (κ1) is 21.3. The summed E-state index contributed by atoms with van der Waals surface area (Å²) in [6, 6.07) is 13.0. The number of nitrogens with zero attached hydrogens (tertiary/aromatic N) is 5. The van der Waals surface area contributed by atoms with E-state index in [4.69, 9.17) is 15.1 Å². The van der Waals surface area contributed by atoms with Crippen molar-refractivity contribution in [1.29, 1.82) is 0 Å². The molecule has 1 aliphatic heterocycles. The number of hydrogen-bond donors (Lipinski definition) is 2. The molecule has 1 unspecified atom stereocenters. The van der Waals surface area contributed by atoms with Gasteiger partial charge < -0.3 is 4.90 Å². The predicted octanol–water partition coefficient (Wildman–Crippen LogP) is 5.38. The topological polar surface area (TPSA) is 96.6 Å². The summed E-state index contributed by atoms with van der Waals surface area (Å²) >= 11 is 1.54. The second kappa shape index (κ2) is 8.31. The van der Waals surface area contributed by atoms with Gasteiger partial charge in [0, 0.05) is 24.9 Å². The lowest BCUT2D eigenvalue weighted by molar-refractivity contribution is 0.181. The number of pyridine rings is 1. The van der Waals surface area contributed by atoms with Gasteiger partial charge in [0.15, 0.2) is 17.0 Å². The van der Waals surface area contributed by atoms with Crippen molar-refractivity contribution >= 4 is 34.6 Å². The molecule has 1 aromatic carbocycles. The number of nitrogens with two attached hydrogens (primary N) is 1. The van der Waals surface area contributed by atoms with E-state index in [0.717, 1.165) is 72.7 Å². The first-order valence-electron chi connectivity index (χ1n) is 12.6. The Balaban J connectivity index is 1.13. The minimum absolute atomic E-state index is 0.272. The molecule has 4 heterocycles. The average Bonchev–Trinajstić information content (AvgIpc) is 3.46. The highest BCUT2D eigenvalue weighted by molar-refractivity contribution is 7.97. The number of aromatic nitrogens is 5. The molecule has 8 heteroatoms. The molecule has 0 radical (unpaired) electrons. The Bertz CT molecular complexity index is 1390. The zero-order valence-corrected chi connectivity index (χ0v) is 20.5. The third-order valence-electron chi connectivity index (χ3n) is 8.45. The highest BCUT2D eigenvalue weighted by Crippen LogP contribution is 2.60. The van der Waals surface area contributed by atoms with E-state index in [2.05, 4.69) is 50.4 Å². The molecule has 0 amide bonds. The monoisotopic (exact) mass is 483 g/mol. The maximum Gasteiger partial charge on any atom is 0.183 e. The maximum atomic E-state index is 6.23. The number of rotatable bonds is 3. The van der Waals surface area contributed by atoms with E-state index in [0.29, 0.717) is 11.2 Å². The van der Waals surface area contributed by atoms with Crippen LogP contribution in [0.4, 0.5) is 11.5 Å². The first-order valence-corrected chi connectivity index (χ1v) is 13.6. The summed E-state index contributed by atoms with van der Waals surface area (Å²) in [7, 11) is 0. The van der Waals surface area contributed by atoms with Crippen LogP contribution in [0.2, 0.25) is 0 Å². The minimum atomic E-state index is 0.272. The van der Waals surface area contributed by atoms with Crippen LogP contribution in [0.5, 0.6) is 0 Å². The molecule has 0 bridgehead atoms. The van der Waals surface area contributed by atoms with Crippen LogP contribution in [0.25, 0.3) is 11.2 Å². The van der Waals surface area contributed by atoms with Gasteiger partial charge in [0.25, 0.3) is 0 Å². The fourth-order valence-electron chi connectivity index (χ4n) is 6.70. The van der Waals surface area contributed by atoms with Crippen molar-refractivity contribution in [2.45, 2.75) is 56.1 Å². The van der Waals surface area contributed by atoms with Gasteiger partial charge >= 0.3 is 0 Å². The van der Waals surface area contributed by atoms with Gasteiger partial charge in [-0.2, -0.15) is 5.10 Å². The largest absolute Gasteiger partial charge is 0.321 e. The van der Waals surface area contributed by atoms with Crippen molar-refractivity contribution in [2.75, 3.05) is 11.4 Å². The van der Waals surface area contributed by atoms with E-state index < -0.39 is 0 Å². The van der Waals surface area contributed by atoms with Crippen molar-refractivity contribution in [3.63, 3.8) is 0 Å². The number of nitrogens with one attached hydrogen (secondary N) is 1. The summed E-state index contributed by atoms with van der Waals surface area (Å²) in [6.45, 7) is 0.912. The summed E-state index contributed by atoms with van der Waals surface area (Å²) in [5.41, 5.74) is 8.14. The third kappa shape index (κ3) is 3.37. The smallest absolute Gasteiger partial charge is 0.183 e. The van der Waals surface area contributed by atoms with Gasteiger partial charge in [-0.05, 0) is 73.6 Å². The Morgan fingerprint density at radius 1 is 1.09 bits per heavy atom. The van der Waals surface area contributed by atoms with Crippen molar-refractivity contribution in [1.82, 2.24) is 25.1 Å². The van der Waals surface area contributed by atoms with Crippen molar-refractivity contribution in [3.8, 4) is 0 Å². The molecule has 4 aromatic rings. The van der Waals surface area contributed by atoms with Crippen LogP contribution in [0, 0.1) is 5.41 Å². The Labute approximate surface area is 209 Å². The number of aromatic amines is 1. The molecule has 7 rings (SSSR count). The van der Waals surface area contributed by atoms with Crippen molar-refractivity contribution in [3.05, 3.63) is 71.3 Å². The molecular weight excluding hydrogens is 454 g/mol. The highest BCUT2D eigenvalue weighted by Gasteiger charge is 2.48. The molecule has 0 saturated heterocycles. The van der Waals surface area contributed by atoms with Gasteiger partial charge in [0.1, 0.15) is 0 Å². The van der Waals surface area contributed by atoms with Crippen LogP contribution in [-0.4, -0.2) is 31.7 Å². The summed E-state index contributed by atoms with van der Waals surface area (Å²) in [4.78, 5) is 16.7. The van der Waals surface area contributed by atoms with Crippen LogP contribution >= 0.6 is 11.9 Å². The van der Waals surface area contributed by atoms with Gasteiger partial charge in [-0.1, -0.05) is 36.2 Å². The van der Waals surface area contributed by atoms with Gasteiger partial charge in [0.05, 0.1) is 22.3 Å². The molecule has 7 nitrogen and oxygen atoms in total. The zero-order chi connectivity index (χ0) is 23.4. The molecule has 1 spiro atoms. The molecule has 2 aliphatic carbocycles. The lowest BCUT2D eigenvalue weighted by atomic mass is 9.68. The molecule has 3 aromatic heterocycles. The Kier molecular flexibility index (Phi) is 5.06. The summed E-state index contributed by atoms with van der Waals surface area (Å²) in [5.74, 6) is 1.28. The van der Waals surface area contributed by atoms with E-state index in [9.17, 15) is 0 Å². The van der Waals surface area contributed by atoms with Crippen LogP contribution < -0.4 is 10.0 Å². The SMILES string of the molecule is NSC1c2ccccc2CC12CCC(c1cnc3c(N4CCCc5ncccc54)n[nH]c3n1)CC2. The molecule has 1 saturated carbocycles. The quantitative estimate of drug-likeness (QED) is 0.378.